The van der Waals surface area contributed by atoms with Gasteiger partial charge in [-0.25, -0.2) is 0 Å². The molecule has 5 nitrogen and oxygen atoms in total. The van der Waals surface area contributed by atoms with E-state index in [2.05, 4.69) is 35.1 Å². The highest BCUT2D eigenvalue weighted by atomic mass is 16.5. The molecular weight excluding hydrogens is 276 g/mol. The molecule has 120 valence electrons. The highest BCUT2D eigenvalue weighted by Gasteiger charge is 2.26. The first-order chi connectivity index (χ1) is 10.6. The van der Waals surface area contributed by atoms with Gasteiger partial charge in [0.2, 0.25) is 0 Å². The van der Waals surface area contributed by atoms with Crippen LogP contribution >= 0.6 is 0 Å². The summed E-state index contributed by atoms with van der Waals surface area (Å²) >= 11 is 0. The summed E-state index contributed by atoms with van der Waals surface area (Å²) in [5.41, 5.74) is 4.84. The van der Waals surface area contributed by atoms with E-state index in [9.17, 15) is 0 Å². The topological polar surface area (TPSA) is 47.1 Å². The Balaban J connectivity index is 1.87. The van der Waals surface area contributed by atoms with Crippen LogP contribution < -0.4 is 0 Å². The molecule has 22 heavy (non-hydrogen) atoms. The minimum absolute atomic E-state index is 0.360. The van der Waals surface area contributed by atoms with Crippen LogP contribution in [0.5, 0.6) is 0 Å². The predicted octanol–water partition coefficient (Wildman–Crippen LogP) is 3.45. The van der Waals surface area contributed by atoms with Crippen LogP contribution in [-0.4, -0.2) is 26.4 Å². The van der Waals surface area contributed by atoms with Crippen LogP contribution in [0.2, 0.25) is 0 Å². The van der Waals surface area contributed by atoms with Crippen molar-refractivity contribution < 1.29 is 4.52 Å². The fourth-order valence-electron chi connectivity index (χ4n) is 3.48. The molecule has 0 aliphatic carbocycles. The van der Waals surface area contributed by atoms with E-state index in [-0.39, 0.29) is 0 Å². The van der Waals surface area contributed by atoms with Gasteiger partial charge in [0, 0.05) is 30.9 Å². The van der Waals surface area contributed by atoms with Gasteiger partial charge in [-0.1, -0.05) is 18.0 Å². The summed E-state index contributed by atoms with van der Waals surface area (Å²) in [6.45, 7) is 8.29. The number of aryl methyl sites for hydroxylation is 3. The first kappa shape index (κ1) is 15.3. The molecule has 1 atom stereocenters. The summed E-state index contributed by atoms with van der Waals surface area (Å²) < 4.78 is 7.30. The van der Waals surface area contributed by atoms with Crippen LogP contribution in [0.25, 0.3) is 0 Å². The Morgan fingerprint density at radius 2 is 2.05 bits per heavy atom. The summed E-state index contributed by atoms with van der Waals surface area (Å²) in [6, 6.07) is 2.45. The molecule has 1 aliphatic rings. The maximum Gasteiger partial charge on any atom is 0.133 e. The Kier molecular flexibility index (Phi) is 4.34. The van der Waals surface area contributed by atoms with Gasteiger partial charge in [-0.2, -0.15) is 5.10 Å². The zero-order valence-electron chi connectivity index (χ0n) is 14.1. The Labute approximate surface area is 132 Å². The molecule has 2 aromatic heterocycles. The van der Waals surface area contributed by atoms with E-state index in [0.717, 1.165) is 36.7 Å². The zero-order valence-corrected chi connectivity index (χ0v) is 14.1. The van der Waals surface area contributed by atoms with E-state index in [0.29, 0.717) is 6.04 Å². The van der Waals surface area contributed by atoms with Crippen LogP contribution in [0.3, 0.4) is 0 Å². The van der Waals surface area contributed by atoms with Crippen LogP contribution in [-0.2, 0) is 13.6 Å². The van der Waals surface area contributed by atoms with E-state index in [1.165, 1.54) is 30.5 Å². The maximum atomic E-state index is 5.32. The van der Waals surface area contributed by atoms with Crippen molar-refractivity contribution in [1.82, 2.24) is 19.8 Å². The third kappa shape index (κ3) is 2.95. The Bertz CT molecular complexity index is 643. The number of hydrogen-bond donors (Lipinski definition) is 0. The van der Waals surface area contributed by atoms with Crippen molar-refractivity contribution >= 4 is 0 Å². The van der Waals surface area contributed by atoms with Crippen molar-refractivity contribution in [3.8, 4) is 0 Å². The summed E-state index contributed by atoms with van der Waals surface area (Å²) in [4.78, 5) is 2.56. The van der Waals surface area contributed by atoms with Crippen LogP contribution in [0.15, 0.2) is 10.6 Å². The molecule has 1 saturated heterocycles. The molecule has 0 aromatic carbocycles. The molecule has 3 rings (SSSR count). The van der Waals surface area contributed by atoms with Crippen molar-refractivity contribution in [2.45, 2.75) is 59.0 Å². The molecule has 0 radical (unpaired) electrons. The molecule has 0 unspecified atom stereocenters. The molecule has 2 aromatic rings. The number of aromatic nitrogens is 3. The minimum atomic E-state index is 0.360. The van der Waals surface area contributed by atoms with Crippen molar-refractivity contribution in [3.63, 3.8) is 0 Å². The lowest BCUT2D eigenvalue weighted by atomic mass is 10.1. The fraction of sp³-hybridized carbons (Fsp3) is 0.647. The summed E-state index contributed by atoms with van der Waals surface area (Å²) in [5, 5.41) is 8.84. The van der Waals surface area contributed by atoms with Gasteiger partial charge in [0.15, 0.2) is 0 Å². The highest BCUT2D eigenvalue weighted by Crippen LogP contribution is 2.32. The van der Waals surface area contributed by atoms with Crippen molar-refractivity contribution in [2.75, 3.05) is 6.54 Å². The lowest BCUT2D eigenvalue weighted by molar-refractivity contribution is 0.183. The summed E-state index contributed by atoms with van der Waals surface area (Å²) in [5.74, 6) is 0.896. The van der Waals surface area contributed by atoms with Gasteiger partial charge in [0.1, 0.15) is 11.5 Å². The van der Waals surface area contributed by atoms with Gasteiger partial charge in [-0.3, -0.25) is 9.58 Å². The standard InChI is InChI=1S/C17H26N4O/c1-12-10-16(19-22-12)17-8-6-5-7-9-21(17)11-15-13(2)18-20(4)14(15)3/h10,17H,5-9,11H2,1-4H3/t17-/m0/s1. The molecular formula is C17H26N4O. The van der Waals surface area contributed by atoms with Gasteiger partial charge in [-0.05, 0) is 40.2 Å². The largest absolute Gasteiger partial charge is 0.361 e. The molecule has 0 spiro atoms. The lowest BCUT2D eigenvalue weighted by Crippen LogP contribution is -2.28. The van der Waals surface area contributed by atoms with Gasteiger partial charge >= 0.3 is 0 Å². The van der Waals surface area contributed by atoms with E-state index in [1.54, 1.807) is 0 Å². The van der Waals surface area contributed by atoms with E-state index in [1.807, 2.05) is 18.7 Å². The quantitative estimate of drug-likeness (QED) is 0.871. The number of hydrogen-bond acceptors (Lipinski definition) is 4. The average molecular weight is 302 g/mol. The molecule has 3 heterocycles. The molecule has 1 fully saturated rings. The normalized spacial score (nSPS) is 20.3. The van der Waals surface area contributed by atoms with E-state index in [4.69, 9.17) is 4.52 Å². The van der Waals surface area contributed by atoms with E-state index >= 15 is 0 Å². The number of nitrogens with zero attached hydrogens (tertiary/aromatic N) is 4. The van der Waals surface area contributed by atoms with Crippen LogP contribution in [0.1, 0.15) is 60.1 Å². The fourth-order valence-corrected chi connectivity index (χ4v) is 3.48. The molecule has 0 bridgehead atoms. The van der Waals surface area contributed by atoms with Gasteiger partial charge in [-0.15, -0.1) is 0 Å². The average Bonchev–Trinajstić information content (AvgIpc) is 2.90. The van der Waals surface area contributed by atoms with Crippen LogP contribution in [0, 0.1) is 20.8 Å². The zero-order chi connectivity index (χ0) is 15.7. The van der Waals surface area contributed by atoms with Crippen molar-refractivity contribution in [2.24, 2.45) is 7.05 Å². The second-order valence-corrected chi connectivity index (χ2v) is 6.47. The van der Waals surface area contributed by atoms with E-state index < -0.39 is 0 Å². The number of rotatable bonds is 3. The lowest BCUT2D eigenvalue weighted by Gasteiger charge is -2.28. The Hall–Kier alpha value is -1.62. The molecule has 0 saturated carbocycles. The predicted molar refractivity (Wildman–Crippen MR) is 85.5 cm³/mol. The summed E-state index contributed by atoms with van der Waals surface area (Å²) in [6.07, 6.45) is 4.98. The summed E-state index contributed by atoms with van der Waals surface area (Å²) in [7, 11) is 2.02. The third-order valence-corrected chi connectivity index (χ3v) is 4.87. The number of likely N-dealkylation sites (tertiary alicyclic amines) is 1. The van der Waals surface area contributed by atoms with Gasteiger partial charge < -0.3 is 4.52 Å². The maximum absolute atomic E-state index is 5.32. The van der Waals surface area contributed by atoms with Crippen LogP contribution in [0.4, 0.5) is 0 Å². The van der Waals surface area contributed by atoms with Crippen molar-refractivity contribution in [3.05, 3.63) is 34.5 Å². The molecule has 5 heteroatoms. The van der Waals surface area contributed by atoms with Gasteiger partial charge in [0.05, 0.1) is 11.7 Å². The Morgan fingerprint density at radius 1 is 1.23 bits per heavy atom. The molecule has 0 N–H and O–H groups in total. The monoisotopic (exact) mass is 302 g/mol. The first-order valence-electron chi connectivity index (χ1n) is 8.22. The molecule has 1 aliphatic heterocycles. The highest BCUT2D eigenvalue weighted by molar-refractivity contribution is 5.24. The first-order valence-corrected chi connectivity index (χ1v) is 8.22. The second-order valence-electron chi connectivity index (χ2n) is 6.47. The molecule has 0 amide bonds. The Morgan fingerprint density at radius 3 is 2.68 bits per heavy atom. The smallest absolute Gasteiger partial charge is 0.133 e. The minimum Gasteiger partial charge on any atom is -0.361 e. The SMILES string of the molecule is Cc1cc([C@@H]2CCCCCN2Cc2c(C)nn(C)c2C)no1. The second kappa shape index (κ2) is 6.24. The van der Waals surface area contributed by atoms with Crippen molar-refractivity contribution in [1.29, 1.82) is 0 Å². The van der Waals surface area contributed by atoms with Gasteiger partial charge in [0.25, 0.3) is 0 Å². The third-order valence-electron chi connectivity index (χ3n) is 4.87.